The highest BCUT2D eigenvalue weighted by Crippen LogP contribution is 2.28. The highest BCUT2D eigenvalue weighted by Gasteiger charge is 2.15. The number of nitrogens with zero attached hydrogens (tertiary/aromatic N) is 1. The molecule has 0 aliphatic carbocycles. The number of aromatic nitrogens is 1. The van der Waals surface area contributed by atoms with Gasteiger partial charge in [0.2, 0.25) is 0 Å². The van der Waals surface area contributed by atoms with Crippen LogP contribution in [0, 0.1) is 6.92 Å². The molecular formula is C13H8Br2Cl2N2O. The maximum atomic E-state index is 12.3. The van der Waals surface area contributed by atoms with Crippen LogP contribution in [-0.4, -0.2) is 10.9 Å². The molecule has 0 bridgehead atoms. The third-order valence-corrected chi connectivity index (χ3v) is 4.17. The molecule has 104 valence electrons. The second kappa shape index (κ2) is 6.43. The molecule has 20 heavy (non-hydrogen) atoms. The van der Waals surface area contributed by atoms with Crippen molar-refractivity contribution in [3.05, 3.63) is 54.6 Å². The van der Waals surface area contributed by atoms with Crippen LogP contribution in [0.5, 0.6) is 0 Å². The molecule has 0 aliphatic rings. The summed E-state index contributed by atoms with van der Waals surface area (Å²) in [6.07, 6.45) is 0. The molecule has 1 N–H and O–H groups in total. The highest BCUT2D eigenvalue weighted by molar-refractivity contribution is 9.11. The lowest BCUT2D eigenvalue weighted by atomic mass is 10.2. The number of anilines is 1. The molecule has 2 rings (SSSR count). The van der Waals surface area contributed by atoms with Gasteiger partial charge in [0.15, 0.2) is 5.15 Å². The molecule has 0 saturated heterocycles. The van der Waals surface area contributed by atoms with E-state index in [1.54, 1.807) is 31.2 Å². The molecule has 0 radical (unpaired) electrons. The average molecular weight is 439 g/mol. The molecule has 1 aromatic heterocycles. The van der Waals surface area contributed by atoms with Gasteiger partial charge in [-0.05, 0) is 52.7 Å². The molecule has 1 amide bonds. The number of nitrogens with one attached hydrogen (secondary N) is 1. The first kappa shape index (κ1) is 15.8. The number of halogens is 4. The minimum Gasteiger partial charge on any atom is -0.319 e. The maximum Gasteiger partial charge on any atom is 0.256 e. The Morgan fingerprint density at radius 3 is 2.55 bits per heavy atom. The molecule has 0 saturated carbocycles. The predicted octanol–water partition coefficient (Wildman–Crippen LogP) is 5.47. The summed E-state index contributed by atoms with van der Waals surface area (Å²) in [7, 11) is 0. The van der Waals surface area contributed by atoms with Gasteiger partial charge in [0.25, 0.3) is 5.91 Å². The van der Waals surface area contributed by atoms with Gasteiger partial charge in [-0.25, -0.2) is 4.98 Å². The second-order valence-electron chi connectivity index (χ2n) is 4.01. The Bertz CT molecular complexity index is 669. The van der Waals surface area contributed by atoms with Crippen LogP contribution in [-0.2, 0) is 0 Å². The van der Waals surface area contributed by atoms with Crippen molar-refractivity contribution in [2.24, 2.45) is 0 Å². The number of carbonyl (C=O) groups is 1. The Balaban J connectivity index is 2.33. The average Bonchev–Trinajstić information content (AvgIpc) is 2.33. The van der Waals surface area contributed by atoms with Crippen molar-refractivity contribution < 1.29 is 4.79 Å². The van der Waals surface area contributed by atoms with Crippen LogP contribution in [0.1, 0.15) is 15.9 Å². The van der Waals surface area contributed by atoms with Crippen molar-refractivity contribution in [1.82, 2.24) is 4.98 Å². The van der Waals surface area contributed by atoms with Crippen LogP contribution < -0.4 is 5.32 Å². The topological polar surface area (TPSA) is 42.0 Å². The number of benzene rings is 1. The predicted molar refractivity (Wildman–Crippen MR) is 88.8 cm³/mol. The number of hydrogen-bond acceptors (Lipinski definition) is 2. The van der Waals surface area contributed by atoms with Gasteiger partial charge in [0.1, 0.15) is 5.15 Å². The van der Waals surface area contributed by atoms with Crippen molar-refractivity contribution >= 4 is 66.7 Å². The van der Waals surface area contributed by atoms with Crippen LogP contribution in [0.25, 0.3) is 0 Å². The first-order valence-electron chi connectivity index (χ1n) is 5.47. The van der Waals surface area contributed by atoms with Crippen LogP contribution in [0.2, 0.25) is 10.3 Å². The molecule has 0 unspecified atom stereocenters. The van der Waals surface area contributed by atoms with E-state index in [2.05, 4.69) is 42.2 Å². The number of amides is 1. The van der Waals surface area contributed by atoms with E-state index < -0.39 is 0 Å². The van der Waals surface area contributed by atoms with Gasteiger partial charge in [0.05, 0.1) is 11.3 Å². The van der Waals surface area contributed by atoms with Gasteiger partial charge in [-0.15, -0.1) is 0 Å². The zero-order valence-electron chi connectivity index (χ0n) is 10.2. The first-order valence-corrected chi connectivity index (χ1v) is 7.81. The molecule has 0 fully saturated rings. The zero-order chi connectivity index (χ0) is 14.9. The number of carbonyl (C=O) groups excluding carboxylic acids is 1. The van der Waals surface area contributed by atoms with Gasteiger partial charge in [0, 0.05) is 8.95 Å². The fourth-order valence-electron chi connectivity index (χ4n) is 1.60. The zero-order valence-corrected chi connectivity index (χ0v) is 14.9. The van der Waals surface area contributed by atoms with Crippen molar-refractivity contribution in [2.75, 3.05) is 5.32 Å². The van der Waals surface area contributed by atoms with E-state index in [4.69, 9.17) is 23.2 Å². The number of aryl methyl sites for hydroxylation is 1. The Kier molecular flexibility index (Phi) is 5.07. The van der Waals surface area contributed by atoms with Gasteiger partial charge >= 0.3 is 0 Å². The monoisotopic (exact) mass is 436 g/mol. The molecule has 1 heterocycles. The molecule has 7 heteroatoms. The molecular weight excluding hydrogens is 431 g/mol. The summed E-state index contributed by atoms with van der Waals surface area (Å²) in [5.41, 5.74) is 1.70. The van der Waals surface area contributed by atoms with E-state index in [0.29, 0.717) is 15.7 Å². The Morgan fingerprint density at radius 2 is 1.95 bits per heavy atom. The molecule has 0 atom stereocenters. The van der Waals surface area contributed by atoms with Gasteiger partial charge in [-0.1, -0.05) is 39.1 Å². The van der Waals surface area contributed by atoms with E-state index in [1.807, 2.05) is 0 Å². The van der Waals surface area contributed by atoms with E-state index in [0.717, 1.165) is 10.0 Å². The van der Waals surface area contributed by atoms with Crippen LogP contribution in [0.3, 0.4) is 0 Å². The lowest BCUT2D eigenvalue weighted by Crippen LogP contribution is -2.14. The van der Waals surface area contributed by atoms with E-state index in [9.17, 15) is 4.79 Å². The molecule has 0 aliphatic heterocycles. The third kappa shape index (κ3) is 3.52. The first-order chi connectivity index (χ1) is 9.38. The summed E-state index contributed by atoms with van der Waals surface area (Å²) in [4.78, 5) is 16.2. The van der Waals surface area contributed by atoms with Crippen molar-refractivity contribution in [3.8, 4) is 0 Å². The van der Waals surface area contributed by atoms with E-state index >= 15 is 0 Å². The van der Waals surface area contributed by atoms with Crippen molar-refractivity contribution in [2.45, 2.75) is 6.92 Å². The summed E-state index contributed by atoms with van der Waals surface area (Å²) in [6.45, 7) is 1.80. The fraction of sp³-hybridized carbons (Fsp3) is 0.0769. The molecule has 1 aromatic carbocycles. The lowest BCUT2D eigenvalue weighted by molar-refractivity contribution is 0.102. The van der Waals surface area contributed by atoms with E-state index in [-0.39, 0.29) is 16.2 Å². The Labute approximate surface area is 142 Å². The van der Waals surface area contributed by atoms with Crippen molar-refractivity contribution in [3.63, 3.8) is 0 Å². The van der Waals surface area contributed by atoms with Crippen LogP contribution >= 0.6 is 55.1 Å². The highest BCUT2D eigenvalue weighted by atomic mass is 79.9. The molecule has 3 nitrogen and oxygen atoms in total. The van der Waals surface area contributed by atoms with Crippen molar-refractivity contribution in [1.29, 1.82) is 0 Å². The fourth-order valence-corrected chi connectivity index (χ4v) is 3.41. The number of hydrogen-bond donors (Lipinski definition) is 1. The minimum absolute atomic E-state index is 0.164. The van der Waals surface area contributed by atoms with E-state index in [1.165, 1.54) is 0 Å². The second-order valence-corrected chi connectivity index (χ2v) is 6.52. The van der Waals surface area contributed by atoms with Crippen LogP contribution in [0.15, 0.2) is 33.2 Å². The smallest absolute Gasteiger partial charge is 0.256 e. The number of rotatable bonds is 2. The SMILES string of the molecule is Cc1cc(Cl)nc(Cl)c1NC(=O)c1ccc(Br)cc1Br. The summed E-state index contributed by atoms with van der Waals surface area (Å²) < 4.78 is 1.56. The lowest BCUT2D eigenvalue weighted by Gasteiger charge is -2.11. The Hall–Kier alpha value is -0.620. The summed E-state index contributed by atoms with van der Waals surface area (Å²) >= 11 is 18.5. The largest absolute Gasteiger partial charge is 0.319 e. The van der Waals surface area contributed by atoms with Crippen LogP contribution in [0.4, 0.5) is 5.69 Å². The molecule has 2 aromatic rings. The summed E-state index contributed by atoms with van der Waals surface area (Å²) in [5.74, 6) is -0.279. The van der Waals surface area contributed by atoms with Gasteiger partial charge in [-0.3, -0.25) is 4.79 Å². The minimum atomic E-state index is -0.279. The Morgan fingerprint density at radius 1 is 1.25 bits per heavy atom. The quantitative estimate of drug-likeness (QED) is 0.631. The standard InChI is InChI=1S/C13H8Br2Cl2N2O/c1-6-4-10(16)18-12(17)11(6)19-13(20)8-3-2-7(14)5-9(8)15/h2-5H,1H3,(H,19,20). The maximum absolute atomic E-state index is 12.3. The third-order valence-electron chi connectivity index (χ3n) is 2.56. The normalized spacial score (nSPS) is 10.4. The van der Waals surface area contributed by atoms with Gasteiger partial charge < -0.3 is 5.32 Å². The van der Waals surface area contributed by atoms with Gasteiger partial charge in [-0.2, -0.15) is 0 Å². The summed E-state index contributed by atoms with van der Waals surface area (Å²) in [6, 6.07) is 6.92. The molecule has 0 spiro atoms. The summed E-state index contributed by atoms with van der Waals surface area (Å²) in [5, 5.41) is 3.20. The number of pyridine rings is 1.